The van der Waals surface area contributed by atoms with E-state index in [1.807, 2.05) is 63.2 Å². The molecule has 0 unspecified atom stereocenters. The number of carbonyl (C=O) groups excluding carboxylic acids is 1. The van der Waals surface area contributed by atoms with Gasteiger partial charge in [-0.1, -0.05) is 57.2 Å². The number of amides is 2. The van der Waals surface area contributed by atoms with Crippen LogP contribution in [0.25, 0.3) is 10.8 Å². The zero-order chi connectivity index (χ0) is 27.3. The van der Waals surface area contributed by atoms with Crippen molar-refractivity contribution < 1.29 is 37.2 Å². The summed E-state index contributed by atoms with van der Waals surface area (Å²) >= 11 is 0. The number of benzene rings is 3. The summed E-state index contributed by atoms with van der Waals surface area (Å²) in [7, 11) is -6.76. The number of anilines is 3. The van der Waals surface area contributed by atoms with E-state index >= 15 is 0 Å². The summed E-state index contributed by atoms with van der Waals surface area (Å²) in [5.74, 6) is 0.228. The Balaban J connectivity index is 0.000000830. The molecule has 0 bridgehead atoms. The predicted molar refractivity (Wildman–Crippen MR) is 141 cm³/mol. The Labute approximate surface area is 209 Å². The van der Waals surface area contributed by atoms with Crippen molar-refractivity contribution in [1.82, 2.24) is 0 Å². The number of hydrogen-bond donors (Lipinski definition) is 6. The van der Waals surface area contributed by atoms with Crippen LogP contribution in [0.5, 0.6) is 5.75 Å². The maximum absolute atomic E-state index is 12.8. The van der Waals surface area contributed by atoms with E-state index in [0.717, 1.165) is 22.6 Å². The van der Waals surface area contributed by atoms with Crippen molar-refractivity contribution in [2.24, 2.45) is 0 Å². The van der Waals surface area contributed by atoms with Gasteiger partial charge in [-0.25, -0.2) is 17.8 Å². The largest absolute Gasteiger partial charge is 0.492 e. The van der Waals surface area contributed by atoms with Crippen LogP contribution in [0.1, 0.15) is 26.3 Å². The number of sulfonamides is 1. The molecule has 6 N–H and O–H groups in total. The van der Waals surface area contributed by atoms with Crippen LogP contribution in [-0.2, 0) is 20.0 Å². The molecule has 0 spiro atoms. The average molecular weight is 540 g/mol. The lowest BCUT2D eigenvalue weighted by Gasteiger charge is -2.24. The minimum Gasteiger partial charge on any atom is -0.492 e. The van der Waals surface area contributed by atoms with E-state index in [1.54, 1.807) is 12.1 Å². The molecule has 0 aliphatic carbocycles. The lowest BCUT2D eigenvalue weighted by atomic mass is 9.86. The van der Waals surface area contributed by atoms with E-state index in [-0.39, 0.29) is 16.9 Å². The topological polar surface area (TPSA) is 174 Å². The molecule has 2 amide bonds. The first-order valence-corrected chi connectivity index (χ1v) is 14.0. The summed E-state index contributed by atoms with van der Waals surface area (Å²) in [5, 5.41) is 7.59. The van der Waals surface area contributed by atoms with Gasteiger partial charge in [0.15, 0.2) is 5.75 Å². The fraction of sp³-hybridized carbons (Fsp3) is 0.261. The van der Waals surface area contributed by atoms with Crippen LogP contribution in [0.2, 0.25) is 0 Å². The van der Waals surface area contributed by atoms with Gasteiger partial charge in [-0.15, -0.1) is 0 Å². The zero-order valence-corrected chi connectivity index (χ0v) is 22.1. The third-order valence-corrected chi connectivity index (χ3v) is 5.33. The maximum atomic E-state index is 12.8. The molecule has 3 aromatic rings. The molecule has 0 aromatic heterocycles. The molecule has 13 heteroatoms. The number of ether oxygens (including phenoxy) is 1. The number of carbonyl (C=O) groups is 1. The molecule has 0 aliphatic rings. The van der Waals surface area contributed by atoms with Gasteiger partial charge in [0.1, 0.15) is 0 Å². The summed E-state index contributed by atoms with van der Waals surface area (Å²) < 4.78 is 40.5. The van der Waals surface area contributed by atoms with Crippen LogP contribution < -0.4 is 20.1 Å². The second-order valence-electron chi connectivity index (χ2n) is 8.85. The summed E-state index contributed by atoms with van der Waals surface area (Å²) in [5.41, 5.74) is 1.83. The highest BCUT2D eigenvalue weighted by Crippen LogP contribution is 2.39. The Hall–Kier alpha value is -3.15. The van der Waals surface area contributed by atoms with Crippen LogP contribution in [0.4, 0.5) is 21.9 Å². The van der Waals surface area contributed by atoms with Gasteiger partial charge in [0.05, 0.1) is 30.4 Å². The lowest BCUT2D eigenvalue weighted by Crippen LogP contribution is -2.22. The standard InChI is InChI=1S/C23H27N3O4S.H3O4P/c1-23(2,3)16-13-19(21(30-4)20(14-16)26-31(5,28)29)25-22(27)24-18-12-8-10-15-9-6-7-11-17(15)18;1-5(2,3)4/h6-14,26H,1-5H3,(H2,24,25,27);(H3,1,2,3,4). The Morgan fingerprint density at radius 1 is 0.917 bits per heavy atom. The van der Waals surface area contributed by atoms with Gasteiger partial charge in [0.25, 0.3) is 0 Å². The molecule has 0 fully saturated rings. The van der Waals surface area contributed by atoms with Crippen molar-refractivity contribution in [1.29, 1.82) is 0 Å². The molecule has 0 atom stereocenters. The SMILES string of the molecule is COc1c(NC(=O)Nc2cccc3ccccc23)cc(C(C)(C)C)cc1NS(C)(=O)=O.O=P(O)(O)O. The minimum absolute atomic E-state index is 0.228. The normalized spacial score (nSPS) is 11.8. The zero-order valence-electron chi connectivity index (χ0n) is 20.4. The minimum atomic E-state index is -4.64. The lowest BCUT2D eigenvalue weighted by molar-refractivity contribution is 0.262. The van der Waals surface area contributed by atoms with Gasteiger partial charge >= 0.3 is 13.9 Å². The van der Waals surface area contributed by atoms with Gasteiger partial charge in [-0.05, 0) is 34.6 Å². The Bertz CT molecular complexity index is 1380. The van der Waals surface area contributed by atoms with Crippen LogP contribution in [0.3, 0.4) is 0 Å². The highest BCUT2D eigenvalue weighted by Gasteiger charge is 2.22. The second kappa shape index (κ2) is 11.3. The van der Waals surface area contributed by atoms with Gasteiger partial charge in [-0.3, -0.25) is 4.72 Å². The maximum Gasteiger partial charge on any atom is 0.466 e. The molecule has 0 saturated heterocycles. The van der Waals surface area contributed by atoms with Crippen molar-refractivity contribution >= 4 is 51.7 Å². The first-order chi connectivity index (χ1) is 16.5. The van der Waals surface area contributed by atoms with Crippen molar-refractivity contribution in [3.63, 3.8) is 0 Å². The number of rotatable bonds is 5. The first kappa shape index (κ1) is 29.1. The van der Waals surface area contributed by atoms with E-state index in [4.69, 9.17) is 24.0 Å². The Kier molecular flexibility index (Phi) is 9.11. The number of nitrogens with one attached hydrogen (secondary N) is 3. The van der Waals surface area contributed by atoms with Gasteiger partial charge in [0.2, 0.25) is 10.0 Å². The number of fused-ring (bicyclic) bond motifs is 1. The third kappa shape index (κ3) is 9.14. The number of hydrogen-bond acceptors (Lipinski definition) is 5. The molecule has 3 rings (SSSR count). The van der Waals surface area contributed by atoms with Gasteiger partial charge in [0, 0.05) is 5.39 Å². The van der Waals surface area contributed by atoms with Crippen LogP contribution in [0.15, 0.2) is 54.6 Å². The van der Waals surface area contributed by atoms with Gasteiger partial charge in [-0.2, -0.15) is 0 Å². The molecule has 0 saturated carbocycles. The van der Waals surface area contributed by atoms with Gasteiger partial charge < -0.3 is 30.1 Å². The summed E-state index contributed by atoms with van der Waals surface area (Å²) in [6.07, 6.45) is 1.07. The number of phosphoric acid groups is 1. The highest BCUT2D eigenvalue weighted by molar-refractivity contribution is 7.92. The molecule has 36 heavy (non-hydrogen) atoms. The Morgan fingerprint density at radius 3 is 2.00 bits per heavy atom. The van der Waals surface area contributed by atoms with E-state index < -0.39 is 23.9 Å². The van der Waals surface area contributed by atoms with E-state index in [0.29, 0.717) is 11.4 Å². The molecular weight excluding hydrogens is 509 g/mol. The van der Waals surface area contributed by atoms with Crippen molar-refractivity contribution in [3.05, 3.63) is 60.2 Å². The smallest absolute Gasteiger partial charge is 0.466 e. The van der Waals surface area contributed by atoms with Crippen LogP contribution >= 0.6 is 7.82 Å². The fourth-order valence-electron chi connectivity index (χ4n) is 3.26. The molecule has 0 aliphatic heterocycles. The monoisotopic (exact) mass is 539 g/mol. The van der Waals surface area contributed by atoms with Crippen molar-refractivity contribution in [3.8, 4) is 5.75 Å². The molecule has 0 radical (unpaired) electrons. The van der Waals surface area contributed by atoms with E-state index in [9.17, 15) is 13.2 Å². The predicted octanol–water partition coefficient (Wildman–Crippen LogP) is 4.23. The average Bonchev–Trinajstić information content (AvgIpc) is 2.71. The van der Waals surface area contributed by atoms with E-state index in [2.05, 4.69) is 15.4 Å². The second-order valence-corrected chi connectivity index (χ2v) is 11.6. The summed E-state index contributed by atoms with van der Waals surface area (Å²) in [6, 6.07) is 16.4. The Morgan fingerprint density at radius 2 is 1.44 bits per heavy atom. The van der Waals surface area contributed by atoms with E-state index in [1.165, 1.54) is 7.11 Å². The first-order valence-electron chi connectivity index (χ1n) is 10.5. The van der Waals surface area contributed by atoms with Crippen molar-refractivity contribution in [2.45, 2.75) is 26.2 Å². The summed E-state index contributed by atoms with van der Waals surface area (Å²) in [4.78, 5) is 34.4. The molecule has 0 heterocycles. The number of methoxy groups -OCH3 is 1. The highest BCUT2D eigenvalue weighted by atomic mass is 32.2. The third-order valence-electron chi connectivity index (χ3n) is 4.74. The van der Waals surface area contributed by atoms with Crippen molar-refractivity contribution in [2.75, 3.05) is 28.7 Å². The molecule has 3 aromatic carbocycles. The molecule has 196 valence electrons. The quantitative estimate of drug-likeness (QED) is 0.261. The molecular formula is C23H30N3O8PS. The fourth-order valence-corrected chi connectivity index (χ4v) is 3.81. The van der Waals surface area contributed by atoms with Crippen LogP contribution in [-0.4, -0.2) is 42.5 Å². The summed E-state index contributed by atoms with van der Waals surface area (Å²) in [6.45, 7) is 6.00. The molecule has 11 nitrogen and oxygen atoms in total. The van der Waals surface area contributed by atoms with Crippen LogP contribution in [0, 0.1) is 0 Å². The number of urea groups is 1.